The Hall–Kier alpha value is -1.92. The number of thioether (sulfide) groups is 1. The van der Waals surface area contributed by atoms with E-state index in [9.17, 15) is 0 Å². The van der Waals surface area contributed by atoms with E-state index in [-0.39, 0.29) is 0 Å². The summed E-state index contributed by atoms with van der Waals surface area (Å²) in [6.07, 6.45) is 0. The van der Waals surface area contributed by atoms with E-state index in [4.69, 9.17) is 17.0 Å². The normalized spacial score (nSPS) is 14.2. The van der Waals surface area contributed by atoms with Crippen LogP contribution in [0, 0.1) is 0 Å². The van der Waals surface area contributed by atoms with E-state index in [0.29, 0.717) is 0 Å². The van der Waals surface area contributed by atoms with Crippen molar-refractivity contribution in [2.45, 2.75) is 4.90 Å². The van der Waals surface area contributed by atoms with Gasteiger partial charge in [-0.2, -0.15) is 0 Å². The predicted octanol–water partition coefficient (Wildman–Crippen LogP) is 3.48. The van der Waals surface area contributed by atoms with Gasteiger partial charge >= 0.3 is 0 Å². The van der Waals surface area contributed by atoms with Gasteiger partial charge in [0.2, 0.25) is 0 Å². The van der Waals surface area contributed by atoms with Crippen LogP contribution >= 0.6 is 24.0 Å². The number of ether oxygens (including phenoxy) is 1. The van der Waals surface area contributed by atoms with E-state index in [1.54, 1.807) is 7.11 Å². The van der Waals surface area contributed by atoms with Gasteiger partial charge in [-0.25, -0.2) is 0 Å². The Bertz CT molecular complexity index is 703. The molecule has 0 aromatic heterocycles. The first-order valence-electron chi connectivity index (χ1n) is 8.86. The summed E-state index contributed by atoms with van der Waals surface area (Å²) >= 11 is 7.42. The molecule has 1 heterocycles. The Morgan fingerprint density at radius 3 is 2.58 bits per heavy atom. The summed E-state index contributed by atoms with van der Waals surface area (Å²) in [4.78, 5) is 5.94. The minimum atomic E-state index is 0.865. The lowest BCUT2D eigenvalue weighted by molar-refractivity contribution is 0.380. The summed E-state index contributed by atoms with van der Waals surface area (Å²) < 4.78 is 5.32. The van der Waals surface area contributed by atoms with Crippen molar-refractivity contribution >= 4 is 34.8 Å². The molecule has 0 saturated carbocycles. The Labute approximate surface area is 165 Å². The van der Waals surface area contributed by atoms with Gasteiger partial charge in [0.1, 0.15) is 5.75 Å². The summed E-state index contributed by atoms with van der Waals surface area (Å²) in [7, 11) is 1.71. The second-order valence-corrected chi connectivity index (χ2v) is 7.62. The number of piperazine rings is 1. The smallest absolute Gasteiger partial charge is 0.169 e. The summed E-state index contributed by atoms with van der Waals surface area (Å²) in [5, 5.41) is 4.26. The Morgan fingerprint density at radius 2 is 1.85 bits per heavy atom. The summed E-state index contributed by atoms with van der Waals surface area (Å²) in [5.41, 5.74) is 1.21. The number of nitrogens with zero attached hydrogens (tertiary/aromatic N) is 2. The SMILES string of the molecule is COc1cccc(N2CCN(C(=S)NCCSc3ccccc3)CC2)c1. The van der Waals surface area contributed by atoms with Crippen molar-refractivity contribution in [3.63, 3.8) is 0 Å². The van der Waals surface area contributed by atoms with E-state index in [1.165, 1.54) is 10.6 Å². The van der Waals surface area contributed by atoms with Crippen LogP contribution in [0.1, 0.15) is 0 Å². The lowest BCUT2D eigenvalue weighted by atomic mass is 10.2. The van der Waals surface area contributed by atoms with E-state index in [1.807, 2.05) is 30.0 Å². The largest absolute Gasteiger partial charge is 0.497 e. The molecule has 0 amide bonds. The standard InChI is InChI=1S/C20H25N3OS2/c1-24-18-7-5-6-17(16-18)22-11-13-23(14-12-22)20(25)21-10-15-26-19-8-3-2-4-9-19/h2-9,16H,10-15H2,1H3,(H,21,25). The average molecular weight is 388 g/mol. The molecule has 0 unspecified atom stereocenters. The first-order chi connectivity index (χ1) is 12.8. The van der Waals surface area contributed by atoms with Crippen molar-refractivity contribution < 1.29 is 4.74 Å². The van der Waals surface area contributed by atoms with Gasteiger partial charge in [0.15, 0.2) is 5.11 Å². The zero-order valence-corrected chi connectivity index (χ0v) is 16.7. The molecule has 0 spiro atoms. The molecule has 0 radical (unpaired) electrons. The zero-order valence-electron chi connectivity index (χ0n) is 15.1. The Morgan fingerprint density at radius 1 is 1.08 bits per heavy atom. The van der Waals surface area contributed by atoms with E-state index >= 15 is 0 Å². The van der Waals surface area contributed by atoms with Crippen molar-refractivity contribution in [3.8, 4) is 5.75 Å². The van der Waals surface area contributed by atoms with Gasteiger partial charge in [-0.05, 0) is 36.5 Å². The highest BCUT2D eigenvalue weighted by atomic mass is 32.2. The lowest BCUT2D eigenvalue weighted by Crippen LogP contribution is -2.52. The van der Waals surface area contributed by atoms with Crippen molar-refractivity contribution in [2.24, 2.45) is 0 Å². The van der Waals surface area contributed by atoms with Gasteiger partial charge in [-0.3, -0.25) is 0 Å². The van der Waals surface area contributed by atoms with E-state index in [2.05, 4.69) is 51.5 Å². The van der Waals surface area contributed by atoms with Gasteiger partial charge in [0, 0.05) is 55.1 Å². The van der Waals surface area contributed by atoms with Crippen LogP contribution in [0.15, 0.2) is 59.5 Å². The number of anilines is 1. The molecule has 0 atom stereocenters. The van der Waals surface area contributed by atoms with Gasteiger partial charge < -0.3 is 19.9 Å². The lowest BCUT2D eigenvalue weighted by Gasteiger charge is -2.37. The Balaban J connectivity index is 1.39. The fourth-order valence-electron chi connectivity index (χ4n) is 2.93. The van der Waals surface area contributed by atoms with Crippen LogP contribution in [0.25, 0.3) is 0 Å². The molecule has 2 aromatic rings. The Kier molecular flexibility index (Phi) is 7.03. The maximum absolute atomic E-state index is 5.57. The second kappa shape index (κ2) is 9.69. The highest BCUT2D eigenvalue weighted by Gasteiger charge is 2.19. The van der Waals surface area contributed by atoms with Crippen LogP contribution in [-0.4, -0.2) is 55.6 Å². The zero-order chi connectivity index (χ0) is 18.2. The van der Waals surface area contributed by atoms with Gasteiger partial charge in [-0.15, -0.1) is 11.8 Å². The van der Waals surface area contributed by atoms with Gasteiger partial charge in [-0.1, -0.05) is 24.3 Å². The van der Waals surface area contributed by atoms with Crippen molar-refractivity contribution in [1.29, 1.82) is 0 Å². The summed E-state index contributed by atoms with van der Waals surface area (Å²) in [6, 6.07) is 18.7. The van der Waals surface area contributed by atoms with Crippen LogP contribution in [0.4, 0.5) is 5.69 Å². The highest BCUT2D eigenvalue weighted by Crippen LogP contribution is 2.22. The van der Waals surface area contributed by atoms with Crippen molar-refractivity contribution in [1.82, 2.24) is 10.2 Å². The van der Waals surface area contributed by atoms with Crippen LogP contribution in [0.5, 0.6) is 5.75 Å². The number of hydrogen-bond acceptors (Lipinski definition) is 4. The number of thiocarbonyl (C=S) groups is 1. The number of nitrogens with one attached hydrogen (secondary N) is 1. The molecule has 0 aliphatic carbocycles. The molecular weight excluding hydrogens is 362 g/mol. The number of benzene rings is 2. The molecule has 6 heteroatoms. The fourth-order valence-corrected chi connectivity index (χ4v) is 4.00. The average Bonchev–Trinajstić information content (AvgIpc) is 2.72. The third-order valence-electron chi connectivity index (χ3n) is 4.38. The number of hydrogen-bond donors (Lipinski definition) is 1. The van der Waals surface area contributed by atoms with Crippen LogP contribution < -0.4 is 15.0 Å². The second-order valence-electron chi connectivity index (χ2n) is 6.07. The number of methoxy groups -OCH3 is 1. The molecule has 1 saturated heterocycles. The minimum Gasteiger partial charge on any atom is -0.497 e. The van der Waals surface area contributed by atoms with Crippen LogP contribution in [0.2, 0.25) is 0 Å². The molecule has 3 rings (SSSR count). The quantitative estimate of drug-likeness (QED) is 0.463. The molecule has 1 fully saturated rings. The number of rotatable bonds is 6. The van der Waals surface area contributed by atoms with Gasteiger partial charge in [0.05, 0.1) is 7.11 Å². The van der Waals surface area contributed by atoms with Crippen LogP contribution in [-0.2, 0) is 0 Å². The molecular formula is C20H25N3OS2. The van der Waals surface area contributed by atoms with Crippen molar-refractivity contribution in [3.05, 3.63) is 54.6 Å². The molecule has 0 bridgehead atoms. The third-order valence-corrected chi connectivity index (χ3v) is 5.79. The minimum absolute atomic E-state index is 0.865. The maximum Gasteiger partial charge on any atom is 0.169 e. The third kappa shape index (κ3) is 5.29. The van der Waals surface area contributed by atoms with E-state index in [0.717, 1.165) is 49.3 Å². The monoisotopic (exact) mass is 387 g/mol. The predicted molar refractivity (Wildman–Crippen MR) is 115 cm³/mol. The van der Waals surface area contributed by atoms with Gasteiger partial charge in [0.25, 0.3) is 0 Å². The molecule has 1 aliphatic rings. The molecule has 2 aromatic carbocycles. The molecule has 4 nitrogen and oxygen atoms in total. The molecule has 1 aliphatic heterocycles. The topological polar surface area (TPSA) is 27.7 Å². The summed E-state index contributed by atoms with van der Waals surface area (Å²) in [5.74, 6) is 1.91. The molecule has 26 heavy (non-hydrogen) atoms. The fraction of sp³-hybridized carbons (Fsp3) is 0.350. The van der Waals surface area contributed by atoms with Crippen LogP contribution in [0.3, 0.4) is 0 Å². The first-order valence-corrected chi connectivity index (χ1v) is 10.3. The highest BCUT2D eigenvalue weighted by molar-refractivity contribution is 7.99. The molecule has 1 N–H and O–H groups in total. The van der Waals surface area contributed by atoms with Crippen molar-refractivity contribution in [2.75, 3.05) is 50.5 Å². The first kappa shape index (κ1) is 18.9. The molecule has 138 valence electrons. The summed E-state index contributed by atoms with van der Waals surface area (Å²) in [6.45, 7) is 4.69. The maximum atomic E-state index is 5.57. The van der Waals surface area contributed by atoms with E-state index < -0.39 is 0 Å².